The number of rotatable bonds is 8. The molecule has 8 nitrogen and oxygen atoms in total. The van der Waals surface area contributed by atoms with Crippen molar-refractivity contribution in [1.29, 1.82) is 0 Å². The number of likely N-dealkylation sites (tertiary alicyclic amines) is 1. The minimum atomic E-state index is -1.07. The predicted octanol–water partition coefficient (Wildman–Crippen LogP) is 4.80. The molecule has 0 aromatic heterocycles. The Hall–Kier alpha value is -4.59. The first-order valence-electron chi connectivity index (χ1n) is 11.7. The molecule has 0 spiro atoms. The molecule has 1 heterocycles. The lowest BCUT2D eigenvalue weighted by Gasteiger charge is -2.26. The summed E-state index contributed by atoms with van der Waals surface area (Å²) in [6.45, 7) is 3.77. The molecule has 8 heteroatoms. The lowest BCUT2D eigenvalue weighted by molar-refractivity contribution is -0.140. The van der Waals surface area contributed by atoms with E-state index in [1.807, 2.05) is 13.8 Å². The number of carboxylic acids is 1. The van der Waals surface area contributed by atoms with Crippen LogP contribution in [-0.2, 0) is 16.1 Å². The van der Waals surface area contributed by atoms with Gasteiger partial charge in [0.1, 0.15) is 17.3 Å². The first-order chi connectivity index (χ1) is 17.7. The first-order valence-corrected chi connectivity index (χ1v) is 11.7. The zero-order valence-electron chi connectivity index (χ0n) is 20.7. The molecular weight excluding hydrogens is 474 g/mol. The van der Waals surface area contributed by atoms with Crippen LogP contribution in [0, 0.1) is 0 Å². The number of ketones is 1. The van der Waals surface area contributed by atoms with Crippen LogP contribution in [0.3, 0.4) is 0 Å². The zero-order valence-corrected chi connectivity index (χ0v) is 20.7. The quantitative estimate of drug-likeness (QED) is 0.259. The number of methoxy groups -OCH3 is 1. The molecule has 0 radical (unpaired) electrons. The highest BCUT2D eigenvalue weighted by Crippen LogP contribution is 2.43. The molecule has 1 saturated heterocycles. The molecule has 2 N–H and O–H groups in total. The van der Waals surface area contributed by atoms with Crippen LogP contribution in [0.25, 0.3) is 5.76 Å². The summed E-state index contributed by atoms with van der Waals surface area (Å²) in [6.07, 6.45) is -0.0935. The minimum absolute atomic E-state index is 0.0144. The van der Waals surface area contributed by atoms with E-state index in [0.29, 0.717) is 28.2 Å². The Labute approximate surface area is 214 Å². The molecule has 3 aromatic rings. The van der Waals surface area contributed by atoms with Crippen LogP contribution in [0.5, 0.6) is 11.5 Å². The van der Waals surface area contributed by atoms with Gasteiger partial charge in [-0.25, -0.2) is 4.79 Å². The Bertz CT molecular complexity index is 1380. The minimum Gasteiger partial charge on any atom is -0.507 e. The highest BCUT2D eigenvalue weighted by molar-refractivity contribution is 6.46. The standard InChI is InChI=1S/C29H27NO7/c1-17(2)37-21-8-6-7-20(15-21)26(31)24-25(22-9-4-5-10-23(22)36-3)30(28(33)27(24)32)16-18-11-13-19(14-12-18)29(34)35/h4-15,17,25,31H,16H2,1-3H3,(H,34,35)/b26-24+. The van der Waals surface area contributed by atoms with Gasteiger partial charge in [0.15, 0.2) is 0 Å². The van der Waals surface area contributed by atoms with Crippen LogP contribution >= 0.6 is 0 Å². The van der Waals surface area contributed by atoms with Crippen molar-refractivity contribution in [2.45, 2.75) is 32.5 Å². The Morgan fingerprint density at radius 2 is 1.65 bits per heavy atom. The van der Waals surface area contributed by atoms with Gasteiger partial charge in [-0.2, -0.15) is 0 Å². The van der Waals surface area contributed by atoms with E-state index >= 15 is 0 Å². The summed E-state index contributed by atoms with van der Waals surface area (Å²) in [4.78, 5) is 39.2. The number of aromatic carboxylic acids is 1. The molecule has 0 bridgehead atoms. The number of aliphatic hydroxyl groups excluding tert-OH is 1. The number of carboxylic acid groups (broad SMARTS) is 1. The Balaban J connectivity index is 1.84. The zero-order chi connectivity index (χ0) is 26.7. The SMILES string of the molecule is COc1ccccc1C1/C(=C(\O)c2cccc(OC(C)C)c2)C(=O)C(=O)N1Cc1ccc(C(=O)O)cc1. The molecule has 3 aromatic carbocycles. The average Bonchev–Trinajstić information content (AvgIpc) is 3.13. The number of aliphatic hydroxyl groups is 1. The molecule has 37 heavy (non-hydrogen) atoms. The van der Waals surface area contributed by atoms with Gasteiger partial charge < -0.3 is 24.6 Å². The van der Waals surface area contributed by atoms with Crippen LogP contribution in [0.15, 0.2) is 78.4 Å². The summed E-state index contributed by atoms with van der Waals surface area (Å²) >= 11 is 0. The van der Waals surface area contributed by atoms with Crippen molar-refractivity contribution in [2.24, 2.45) is 0 Å². The number of carbonyl (C=O) groups is 3. The van der Waals surface area contributed by atoms with Gasteiger partial charge in [-0.1, -0.05) is 42.5 Å². The topological polar surface area (TPSA) is 113 Å². The highest BCUT2D eigenvalue weighted by Gasteiger charge is 2.47. The van der Waals surface area contributed by atoms with E-state index in [0.717, 1.165) is 0 Å². The monoisotopic (exact) mass is 501 g/mol. The maximum atomic E-state index is 13.4. The third-order valence-electron chi connectivity index (χ3n) is 6.01. The molecular formula is C29H27NO7. The maximum Gasteiger partial charge on any atom is 0.335 e. The van der Waals surface area contributed by atoms with Gasteiger partial charge in [0.2, 0.25) is 0 Å². The van der Waals surface area contributed by atoms with Gasteiger partial charge in [-0.3, -0.25) is 9.59 Å². The Morgan fingerprint density at radius 1 is 0.946 bits per heavy atom. The fourth-order valence-corrected chi connectivity index (χ4v) is 4.35. The van der Waals surface area contributed by atoms with Gasteiger partial charge >= 0.3 is 5.97 Å². The van der Waals surface area contributed by atoms with Gasteiger partial charge in [0.25, 0.3) is 11.7 Å². The molecule has 0 aliphatic carbocycles. The van der Waals surface area contributed by atoms with E-state index in [2.05, 4.69) is 0 Å². The van der Waals surface area contributed by atoms with Crippen LogP contribution in [0.4, 0.5) is 0 Å². The second-order valence-corrected chi connectivity index (χ2v) is 8.87. The van der Waals surface area contributed by atoms with Gasteiger partial charge in [-0.05, 0) is 49.7 Å². The van der Waals surface area contributed by atoms with Crippen LogP contribution in [0.2, 0.25) is 0 Å². The van der Waals surface area contributed by atoms with Crippen molar-refractivity contribution in [1.82, 2.24) is 4.90 Å². The molecule has 1 aliphatic rings. The fourth-order valence-electron chi connectivity index (χ4n) is 4.35. The lowest BCUT2D eigenvalue weighted by Crippen LogP contribution is -2.29. The van der Waals surface area contributed by atoms with E-state index in [9.17, 15) is 24.6 Å². The van der Waals surface area contributed by atoms with Crippen molar-refractivity contribution in [3.05, 3.63) is 101 Å². The van der Waals surface area contributed by atoms with Crippen molar-refractivity contribution >= 4 is 23.4 Å². The fraction of sp³-hybridized carbons (Fsp3) is 0.207. The molecule has 1 amide bonds. The smallest absolute Gasteiger partial charge is 0.335 e. The number of nitrogens with zero attached hydrogens (tertiary/aromatic N) is 1. The largest absolute Gasteiger partial charge is 0.507 e. The van der Waals surface area contributed by atoms with E-state index < -0.39 is 23.7 Å². The number of hydrogen-bond donors (Lipinski definition) is 2. The number of benzene rings is 3. The second-order valence-electron chi connectivity index (χ2n) is 8.87. The molecule has 1 aliphatic heterocycles. The van der Waals surface area contributed by atoms with Crippen LogP contribution in [0.1, 0.15) is 46.9 Å². The van der Waals surface area contributed by atoms with Crippen LogP contribution < -0.4 is 9.47 Å². The average molecular weight is 502 g/mol. The van der Waals surface area contributed by atoms with Crippen molar-refractivity contribution in [3.8, 4) is 11.5 Å². The van der Waals surface area contributed by atoms with Gasteiger partial charge in [0, 0.05) is 17.7 Å². The predicted molar refractivity (Wildman–Crippen MR) is 136 cm³/mol. The number of Topliss-reactive ketones (excluding diaryl/α,β-unsaturated/α-hetero) is 1. The van der Waals surface area contributed by atoms with Crippen molar-refractivity contribution < 1.29 is 34.1 Å². The first kappa shape index (κ1) is 25.5. The molecule has 190 valence electrons. The van der Waals surface area contributed by atoms with Gasteiger partial charge in [-0.15, -0.1) is 0 Å². The maximum absolute atomic E-state index is 13.4. The van der Waals surface area contributed by atoms with Gasteiger partial charge in [0.05, 0.1) is 30.4 Å². The normalized spacial score (nSPS) is 16.8. The molecule has 1 atom stereocenters. The number of hydrogen-bond acceptors (Lipinski definition) is 6. The summed E-state index contributed by atoms with van der Waals surface area (Å²) in [6, 6.07) is 18.8. The number of amides is 1. The number of carbonyl (C=O) groups excluding carboxylic acids is 2. The third kappa shape index (κ3) is 5.18. The summed E-state index contributed by atoms with van der Waals surface area (Å²) in [5.74, 6) is -2.04. The Kier molecular flexibility index (Phi) is 7.29. The molecule has 1 unspecified atom stereocenters. The van der Waals surface area contributed by atoms with Crippen molar-refractivity contribution in [3.63, 3.8) is 0 Å². The van der Waals surface area contributed by atoms with E-state index in [1.165, 1.54) is 24.1 Å². The molecule has 4 rings (SSSR count). The van der Waals surface area contributed by atoms with E-state index in [1.54, 1.807) is 60.7 Å². The highest BCUT2D eigenvalue weighted by atomic mass is 16.5. The summed E-state index contributed by atoms with van der Waals surface area (Å²) in [5, 5.41) is 20.6. The second kappa shape index (κ2) is 10.6. The number of ether oxygens (including phenoxy) is 2. The summed E-state index contributed by atoms with van der Waals surface area (Å²) < 4.78 is 11.3. The Morgan fingerprint density at radius 3 is 2.30 bits per heavy atom. The molecule has 0 saturated carbocycles. The summed E-state index contributed by atoms with van der Waals surface area (Å²) in [7, 11) is 1.49. The van der Waals surface area contributed by atoms with Crippen molar-refractivity contribution in [2.75, 3.05) is 7.11 Å². The third-order valence-corrected chi connectivity index (χ3v) is 6.01. The molecule has 1 fully saturated rings. The lowest BCUT2D eigenvalue weighted by atomic mass is 9.94. The number of para-hydroxylation sites is 1. The van der Waals surface area contributed by atoms with E-state index in [4.69, 9.17) is 9.47 Å². The summed E-state index contributed by atoms with van der Waals surface area (Å²) in [5.41, 5.74) is 1.53. The van der Waals surface area contributed by atoms with E-state index in [-0.39, 0.29) is 29.5 Å². The van der Waals surface area contributed by atoms with Crippen LogP contribution in [-0.4, -0.2) is 46.0 Å².